The number of rotatable bonds is 2. The van der Waals surface area contributed by atoms with E-state index in [4.69, 9.17) is 5.11 Å². The van der Waals surface area contributed by atoms with Crippen LogP contribution in [0.4, 0.5) is 0 Å². The molecule has 0 saturated heterocycles. The van der Waals surface area contributed by atoms with Crippen LogP contribution in [0.25, 0.3) is 0 Å². The second-order valence-corrected chi connectivity index (χ2v) is 4.40. The van der Waals surface area contributed by atoms with E-state index in [1.54, 1.807) is 41.1 Å². The van der Waals surface area contributed by atoms with Crippen LogP contribution in [0.2, 0.25) is 0 Å². The molecular formula is C12H10BrNO2. The average Bonchev–Trinajstić information content (AvgIpc) is 2.27. The highest BCUT2D eigenvalue weighted by Crippen LogP contribution is 2.11. The molecule has 1 heterocycles. The van der Waals surface area contributed by atoms with Crippen molar-refractivity contribution in [3.05, 3.63) is 63.0 Å². The molecule has 1 aromatic carbocycles. The summed E-state index contributed by atoms with van der Waals surface area (Å²) >= 11 is 3.32. The summed E-state index contributed by atoms with van der Waals surface area (Å²) in [6, 6.07) is 10.0. The largest absolute Gasteiger partial charge is 0.508 e. The fraction of sp³-hybridized carbons (Fsp3) is 0.0833. The third-order valence-corrected chi connectivity index (χ3v) is 2.71. The van der Waals surface area contributed by atoms with Gasteiger partial charge in [0.2, 0.25) is 0 Å². The number of pyridine rings is 1. The highest BCUT2D eigenvalue weighted by Gasteiger charge is 1.99. The Morgan fingerprint density at radius 3 is 2.50 bits per heavy atom. The predicted octanol–water partition coefficient (Wildman–Crippen LogP) is 2.36. The van der Waals surface area contributed by atoms with Gasteiger partial charge in [0, 0.05) is 16.7 Å². The summed E-state index contributed by atoms with van der Waals surface area (Å²) in [5.41, 5.74) is 0.925. The van der Waals surface area contributed by atoms with Crippen molar-refractivity contribution in [3.8, 4) is 5.75 Å². The Morgan fingerprint density at radius 1 is 1.12 bits per heavy atom. The van der Waals surface area contributed by atoms with Crippen LogP contribution in [-0.2, 0) is 6.54 Å². The first-order valence-corrected chi connectivity index (χ1v) is 5.58. The van der Waals surface area contributed by atoms with E-state index in [1.165, 1.54) is 6.07 Å². The van der Waals surface area contributed by atoms with E-state index in [0.29, 0.717) is 6.54 Å². The molecule has 0 aliphatic carbocycles. The Morgan fingerprint density at radius 2 is 1.81 bits per heavy atom. The quantitative estimate of drug-likeness (QED) is 0.917. The molecule has 2 aromatic rings. The Hall–Kier alpha value is -1.55. The number of phenolic OH excluding ortho intramolecular Hbond substituents is 1. The maximum Gasteiger partial charge on any atom is 0.250 e. The molecule has 0 fully saturated rings. The van der Waals surface area contributed by atoms with Gasteiger partial charge in [0.25, 0.3) is 5.56 Å². The highest BCUT2D eigenvalue weighted by atomic mass is 79.9. The first-order chi connectivity index (χ1) is 7.65. The van der Waals surface area contributed by atoms with Crippen LogP contribution >= 0.6 is 15.9 Å². The summed E-state index contributed by atoms with van der Waals surface area (Å²) < 4.78 is 2.47. The van der Waals surface area contributed by atoms with Gasteiger partial charge in [-0.1, -0.05) is 12.1 Å². The first kappa shape index (κ1) is 11.0. The van der Waals surface area contributed by atoms with E-state index < -0.39 is 0 Å². The SMILES string of the molecule is O=c1ccc(Br)cn1Cc1ccc(O)cc1. The molecule has 0 atom stereocenters. The molecule has 16 heavy (non-hydrogen) atoms. The number of aromatic nitrogens is 1. The lowest BCUT2D eigenvalue weighted by Gasteiger charge is -2.06. The van der Waals surface area contributed by atoms with Crippen LogP contribution in [-0.4, -0.2) is 9.67 Å². The second kappa shape index (κ2) is 4.53. The topological polar surface area (TPSA) is 42.2 Å². The minimum Gasteiger partial charge on any atom is -0.508 e. The molecule has 0 bridgehead atoms. The predicted molar refractivity (Wildman–Crippen MR) is 65.6 cm³/mol. The van der Waals surface area contributed by atoms with E-state index in [0.717, 1.165) is 10.0 Å². The van der Waals surface area contributed by atoms with Gasteiger partial charge in [-0.25, -0.2) is 0 Å². The zero-order chi connectivity index (χ0) is 11.5. The summed E-state index contributed by atoms with van der Waals surface area (Å²) in [5, 5.41) is 9.15. The van der Waals surface area contributed by atoms with Crippen molar-refractivity contribution < 1.29 is 5.11 Å². The molecule has 2 rings (SSSR count). The lowest BCUT2D eigenvalue weighted by molar-refractivity contribution is 0.475. The normalized spacial score (nSPS) is 10.3. The second-order valence-electron chi connectivity index (χ2n) is 3.48. The Balaban J connectivity index is 2.30. The standard InChI is InChI=1S/C12H10BrNO2/c13-10-3-6-12(16)14(8-10)7-9-1-4-11(15)5-2-9/h1-6,8,15H,7H2. The van der Waals surface area contributed by atoms with Crippen LogP contribution < -0.4 is 5.56 Å². The van der Waals surface area contributed by atoms with Crippen LogP contribution in [0, 0.1) is 0 Å². The van der Waals surface area contributed by atoms with Crippen LogP contribution in [0.1, 0.15) is 5.56 Å². The van der Waals surface area contributed by atoms with Gasteiger partial charge < -0.3 is 9.67 Å². The molecule has 82 valence electrons. The smallest absolute Gasteiger partial charge is 0.250 e. The maximum atomic E-state index is 11.5. The number of nitrogens with zero attached hydrogens (tertiary/aromatic N) is 1. The lowest BCUT2D eigenvalue weighted by Crippen LogP contribution is -2.18. The van der Waals surface area contributed by atoms with Gasteiger partial charge >= 0.3 is 0 Å². The molecule has 4 heteroatoms. The van der Waals surface area contributed by atoms with Crippen LogP contribution in [0.15, 0.2) is 51.9 Å². The zero-order valence-electron chi connectivity index (χ0n) is 8.43. The summed E-state index contributed by atoms with van der Waals surface area (Å²) in [6.45, 7) is 0.499. The van der Waals surface area contributed by atoms with Gasteiger partial charge in [-0.3, -0.25) is 4.79 Å². The van der Waals surface area contributed by atoms with E-state index >= 15 is 0 Å². The number of aromatic hydroxyl groups is 1. The van der Waals surface area contributed by atoms with Crippen LogP contribution in [0.5, 0.6) is 5.75 Å². The van der Waals surface area contributed by atoms with Crippen molar-refractivity contribution in [3.63, 3.8) is 0 Å². The summed E-state index contributed by atoms with van der Waals surface area (Å²) in [4.78, 5) is 11.5. The minimum absolute atomic E-state index is 0.0451. The van der Waals surface area contributed by atoms with Gasteiger partial charge in [0.1, 0.15) is 5.75 Å². The summed E-state index contributed by atoms with van der Waals surface area (Å²) in [7, 11) is 0. The van der Waals surface area contributed by atoms with Crippen molar-refractivity contribution in [2.24, 2.45) is 0 Å². The molecule has 0 aliphatic heterocycles. The van der Waals surface area contributed by atoms with Gasteiger partial charge in [0.15, 0.2) is 0 Å². The maximum absolute atomic E-state index is 11.5. The van der Waals surface area contributed by atoms with Gasteiger partial charge in [0.05, 0.1) is 6.54 Å². The monoisotopic (exact) mass is 279 g/mol. The number of benzene rings is 1. The molecule has 0 aliphatic rings. The highest BCUT2D eigenvalue weighted by molar-refractivity contribution is 9.10. The lowest BCUT2D eigenvalue weighted by atomic mass is 10.2. The van der Waals surface area contributed by atoms with Gasteiger partial charge in [-0.15, -0.1) is 0 Å². The number of halogens is 1. The molecule has 3 nitrogen and oxygen atoms in total. The van der Waals surface area contributed by atoms with Crippen LogP contribution in [0.3, 0.4) is 0 Å². The third-order valence-electron chi connectivity index (χ3n) is 2.24. The van der Waals surface area contributed by atoms with Crippen molar-refractivity contribution >= 4 is 15.9 Å². The van der Waals surface area contributed by atoms with Gasteiger partial charge in [-0.05, 0) is 39.7 Å². The molecule has 0 saturated carbocycles. The Kier molecular flexibility index (Phi) is 3.10. The fourth-order valence-electron chi connectivity index (χ4n) is 1.42. The van der Waals surface area contributed by atoms with Crippen molar-refractivity contribution in [2.75, 3.05) is 0 Å². The Bertz CT molecular complexity index is 546. The van der Waals surface area contributed by atoms with E-state index in [2.05, 4.69) is 15.9 Å². The molecule has 0 amide bonds. The third kappa shape index (κ3) is 2.52. The minimum atomic E-state index is -0.0451. The number of hydrogen-bond donors (Lipinski definition) is 1. The molecule has 1 N–H and O–H groups in total. The van der Waals surface area contributed by atoms with E-state index in [-0.39, 0.29) is 11.3 Å². The molecule has 1 aromatic heterocycles. The molecule has 0 spiro atoms. The molecule has 0 radical (unpaired) electrons. The average molecular weight is 280 g/mol. The van der Waals surface area contributed by atoms with Crippen molar-refractivity contribution in [1.82, 2.24) is 4.57 Å². The number of hydrogen-bond acceptors (Lipinski definition) is 2. The molecular weight excluding hydrogens is 270 g/mol. The molecule has 0 unspecified atom stereocenters. The fourth-order valence-corrected chi connectivity index (χ4v) is 1.80. The first-order valence-electron chi connectivity index (χ1n) is 4.79. The Labute approximate surface area is 101 Å². The van der Waals surface area contributed by atoms with E-state index in [9.17, 15) is 4.79 Å². The van der Waals surface area contributed by atoms with E-state index in [1.807, 2.05) is 0 Å². The van der Waals surface area contributed by atoms with Crippen molar-refractivity contribution in [1.29, 1.82) is 0 Å². The van der Waals surface area contributed by atoms with Crippen molar-refractivity contribution in [2.45, 2.75) is 6.54 Å². The zero-order valence-corrected chi connectivity index (χ0v) is 10.0. The van der Waals surface area contributed by atoms with Gasteiger partial charge in [-0.2, -0.15) is 0 Å². The summed E-state index contributed by atoms with van der Waals surface area (Å²) in [6.07, 6.45) is 1.75. The summed E-state index contributed by atoms with van der Waals surface area (Å²) in [5.74, 6) is 0.227. The number of phenols is 1.